The number of piperidine rings is 1. The van der Waals surface area contributed by atoms with Gasteiger partial charge in [0.05, 0.1) is 6.54 Å². The third kappa shape index (κ3) is 5.26. The lowest BCUT2D eigenvalue weighted by Crippen LogP contribution is -2.47. The lowest BCUT2D eigenvalue weighted by Gasteiger charge is -2.31. The molecule has 22 heavy (non-hydrogen) atoms. The normalized spacial score (nSPS) is 14.8. The Hall–Kier alpha value is -1.11. The summed E-state index contributed by atoms with van der Waals surface area (Å²) >= 11 is 3.32. The Morgan fingerprint density at radius 2 is 2.05 bits per heavy atom. The smallest absolute Gasteiger partial charge is 0.251 e. The van der Waals surface area contributed by atoms with Crippen LogP contribution in [0.4, 0.5) is 0 Å². The number of carbonyl (C=O) groups excluding carboxylic acids is 2. The van der Waals surface area contributed by atoms with Crippen LogP contribution in [0.25, 0.3) is 0 Å². The largest absolute Gasteiger partial charge is 0.343 e. The fraction of sp³-hybridized carbons (Fsp3) is 0.467. The van der Waals surface area contributed by atoms with Crippen LogP contribution >= 0.6 is 28.3 Å². The van der Waals surface area contributed by atoms with Gasteiger partial charge in [-0.25, -0.2) is 0 Å². The summed E-state index contributed by atoms with van der Waals surface area (Å²) in [5, 5.41) is 5.95. The molecule has 1 aliphatic heterocycles. The molecule has 0 spiro atoms. The highest BCUT2D eigenvalue weighted by atomic mass is 79.9. The Labute approximate surface area is 145 Å². The van der Waals surface area contributed by atoms with Gasteiger partial charge < -0.3 is 15.5 Å². The maximum atomic E-state index is 12.1. The van der Waals surface area contributed by atoms with Crippen LogP contribution in [0, 0.1) is 0 Å². The van der Waals surface area contributed by atoms with E-state index in [0.717, 1.165) is 30.4 Å². The Balaban J connectivity index is 0.00000242. The Morgan fingerprint density at radius 1 is 1.36 bits per heavy atom. The van der Waals surface area contributed by atoms with Crippen LogP contribution in [-0.4, -0.2) is 49.4 Å². The number of likely N-dealkylation sites (N-methyl/N-ethyl adjacent to an activating group) is 1. The molecule has 0 aliphatic carbocycles. The van der Waals surface area contributed by atoms with Gasteiger partial charge in [0.15, 0.2) is 0 Å². The number of amides is 2. The van der Waals surface area contributed by atoms with Crippen LogP contribution in [0.5, 0.6) is 0 Å². The quantitative estimate of drug-likeness (QED) is 0.824. The van der Waals surface area contributed by atoms with Gasteiger partial charge in [-0.05, 0) is 44.1 Å². The maximum absolute atomic E-state index is 12.1. The molecule has 0 radical (unpaired) electrons. The second kappa shape index (κ2) is 9.12. The van der Waals surface area contributed by atoms with Crippen molar-refractivity contribution in [1.29, 1.82) is 0 Å². The number of hydrogen-bond donors (Lipinski definition) is 2. The average Bonchev–Trinajstić information content (AvgIpc) is 2.52. The molecule has 7 heteroatoms. The van der Waals surface area contributed by atoms with Gasteiger partial charge >= 0.3 is 0 Å². The molecule has 1 saturated heterocycles. The molecule has 2 amide bonds. The van der Waals surface area contributed by atoms with E-state index in [1.807, 2.05) is 13.1 Å². The van der Waals surface area contributed by atoms with E-state index in [2.05, 4.69) is 26.6 Å². The van der Waals surface area contributed by atoms with Crippen LogP contribution in [0.2, 0.25) is 0 Å². The van der Waals surface area contributed by atoms with Crippen molar-refractivity contribution >= 4 is 40.2 Å². The first-order chi connectivity index (χ1) is 10.1. The first-order valence-electron chi connectivity index (χ1n) is 7.08. The number of benzene rings is 1. The monoisotopic (exact) mass is 389 g/mol. The second-order valence-corrected chi connectivity index (χ2v) is 6.09. The van der Waals surface area contributed by atoms with Crippen molar-refractivity contribution in [1.82, 2.24) is 15.5 Å². The summed E-state index contributed by atoms with van der Waals surface area (Å²) in [5.74, 6) is -0.284. The highest BCUT2D eigenvalue weighted by Gasteiger charge is 2.22. The number of hydrogen-bond acceptors (Lipinski definition) is 3. The minimum absolute atomic E-state index is 0. The molecular weight excluding hydrogens is 370 g/mol. The van der Waals surface area contributed by atoms with Crippen molar-refractivity contribution in [3.8, 4) is 0 Å². The van der Waals surface area contributed by atoms with Crippen molar-refractivity contribution in [3.63, 3.8) is 0 Å². The predicted molar refractivity (Wildman–Crippen MR) is 92.4 cm³/mol. The van der Waals surface area contributed by atoms with Crippen LogP contribution in [0.3, 0.4) is 0 Å². The second-order valence-electron chi connectivity index (χ2n) is 5.18. The van der Waals surface area contributed by atoms with Crippen molar-refractivity contribution in [2.45, 2.75) is 18.9 Å². The minimum atomic E-state index is -0.233. The molecule has 1 aromatic rings. The first kappa shape index (κ1) is 18.9. The summed E-state index contributed by atoms with van der Waals surface area (Å²) in [6.07, 6.45) is 1.92. The zero-order valence-electron chi connectivity index (χ0n) is 12.5. The molecule has 0 atom stereocenters. The van der Waals surface area contributed by atoms with E-state index in [9.17, 15) is 9.59 Å². The van der Waals surface area contributed by atoms with E-state index in [1.165, 1.54) is 0 Å². The van der Waals surface area contributed by atoms with Crippen molar-refractivity contribution < 1.29 is 9.59 Å². The number of halogens is 2. The topological polar surface area (TPSA) is 61.4 Å². The molecule has 2 N–H and O–H groups in total. The van der Waals surface area contributed by atoms with E-state index in [0.29, 0.717) is 5.56 Å². The molecule has 1 fully saturated rings. The van der Waals surface area contributed by atoms with E-state index in [1.54, 1.807) is 23.1 Å². The molecule has 0 bridgehead atoms. The van der Waals surface area contributed by atoms with Crippen LogP contribution < -0.4 is 10.6 Å². The highest BCUT2D eigenvalue weighted by molar-refractivity contribution is 9.10. The number of nitrogens with one attached hydrogen (secondary N) is 2. The van der Waals surface area contributed by atoms with Gasteiger partial charge in [0.25, 0.3) is 5.91 Å². The van der Waals surface area contributed by atoms with Crippen LogP contribution in [0.15, 0.2) is 28.7 Å². The van der Waals surface area contributed by atoms with E-state index < -0.39 is 0 Å². The lowest BCUT2D eigenvalue weighted by atomic mass is 10.1. The minimum Gasteiger partial charge on any atom is -0.343 e. The van der Waals surface area contributed by atoms with Gasteiger partial charge in [-0.15, -0.1) is 12.4 Å². The molecule has 0 aromatic heterocycles. The van der Waals surface area contributed by atoms with E-state index in [4.69, 9.17) is 0 Å². The zero-order valence-corrected chi connectivity index (χ0v) is 14.9. The van der Waals surface area contributed by atoms with Gasteiger partial charge in [0.1, 0.15) is 0 Å². The average molecular weight is 391 g/mol. The van der Waals surface area contributed by atoms with Gasteiger partial charge in [0, 0.05) is 23.1 Å². The van der Waals surface area contributed by atoms with Crippen molar-refractivity contribution in [2.75, 3.05) is 26.7 Å². The standard InChI is InChI=1S/C15H20BrN3O2.ClH/c1-19(13-5-7-17-8-6-13)14(20)10-18-15(21)11-3-2-4-12(16)9-11;/h2-4,9,13,17H,5-8,10H2,1H3,(H,18,21);1H. The molecule has 2 rings (SSSR count). The number of nitrogens with zero attached hydrogens (tertiary/aromatic N) is 1. The molecule has 1 aromatic carbocycles. The van der Waals surface area contributed by atoms with Crippen molar-refractivity contribution in [2.24, 2.45) is 0 Å². The Morgan fingerprint density at radius 3 is 2.68 bits per heavy atom. The summed E-state index contributed by atoms with van der Waals surface area (Å²) in [5.41, 5.74) is 0.543. The molecular formula is C15H21BrClN3O2. The van der Waals surface area contributed by atoms with E-state index >= 15 is 0 Å². The van der Waals surface area contributed by atoms with Crippen LogP contribution in [-0.2, 0) is 4.79 Å². The third-order valence-corrected chi connectivity index (χ3v) is 4.23. The SMILES string of the molecule is CN(C(=O)CNC(=O)c1cccc(Br)c1)C1CCNCC1.Cl. The van der Waals surface area contributed by atoms with E-state index in [-0.39, 0.29) is 36.8 Å². The molecule has 1 aliphatic rings. The molecule has 5 nitrogen and oxygen atoms in total. The summed E-state index contributed by atoms with van der Waals surface area (Å²) in [6, 6.07) is 7.37. The van der Waals surface area contributed by atoms with Gasteiger partial charge in [-0.3, -0.25) is 9.59 Å². The fourth-order valence-electron chi connectivity index (χ4n) is 2.41. The zero-order chi connectivity index (χ0) is 15.2. The highest BCUT2D eigenvalue weighted by Crippen LogP contribution is 2.12. The lowest BCUT2D eigenvalue weighted by molar-refractivity contribution is -0.131. The third-order valence-electron chi connectivity index (χ3n) is 3.74. The Bertz CT molecular complexity index is 521. The molecule has 0 unspecified atom stereocenters. The number of rotatable bonds is 4. The van der Waals surface area contributed by atoms with Gasteiger partial charge in [-0.2, -0.15) is 0 Å². The first-order valence-corrected chi connectivity index (χ1v) is 7.87. The van der Waals surface area contributed by atoms with Gasteiger partial charge in [0.2, 0.25) is 5.91 Å². The Kier molecular flexibility index (Phi) is 7.85. The summed E-state index contributed by atoms with van der Waals surface area (Å²) < 4.78 is 0.841. The number of carbonyl (C=O) groups is 2. The maximum Gasteiger partial charge on any atom is 0.251 e. The summed E-state index contributed by atoms with van der Waals surface area (Å²) in [7, 11) is 1.81. The predicted octanol–water partition coefficient (Wildman–Crippen LogP) is 1.81. The summed E-state index contributed by atoms with van der Waals surface area (Å²) in [6.45, 7) is 1.91. The van der Waals surface area contributed by atoms with Gasteiger partial charge in [-0.1, -0.05) is 22.0 Å². The molecule has 1 heterocycles. The van der Waals surface area contributed by atoms with Crippen molar-refractivity contribution in [3.05, 3.63) is 34.3 Å². The molecule has 122 valence electrons. The van der Waals surface area contributed by atoms with Crippen LogP contribution in [0.1, 0.15) is 23.2 Å². The molecule has 0 saturated carbocycles. The fourth-order valence-corrected chi connectivity index (χ4v) is 2.81. The summed E-state index contributed by atoms with van der Waals surface area (Å²) in [4.78, 5) is 25.9.